The van der Waals surface area contributed by atoms with E-state index < -0.39 is 9.84 Å². The van der Waals surface area contributed by atoms with Crippen LogP contribution in [-0.4, -0.2) is 46.0 Å². The van der Waals surface area contributed by atoms with Crippen LogP contribution >= 0.6 is 35.3 Å². The Labute approximate surface area is 148 Å². The molecule has 1 atom stereocenters. The number of aliphatic imine (C=N–C) groups is 1. The molecule has 0 saturated heterocycles. The normalized spacial score (nSPS) is 13.4. The van der Waals surface area contributed by atoms with Crippen LogP contribution in [0.25, 0.3) is 0 Å². The average molecular weight is 445 g/mol. The summed E-state index contributed by atoms with van der Waals surface area (Å²) in [4.78, 5) is 4.49. The fraction of sp³-hybridized carbons (Fsp3) is 0.615. The predicted octanol–water partition coefficient (Wildman–Crippen LogP) is 2.07. The van der Waals surface area contributed by atoms with Crippen molar-refractivity contribution >= 4 is 51.1 Å². The van der Waals surface area contributed by atoms with Gasteiger partial charge in [0.1, 0.15) is 9.84 Å². The molecule has 8 heteroatoms. The van der Waals surface area contributed by atoms with Gasteiger partial charge in [-0.1, -0.05) is 6.92 Å². The highest BCUT2D eigenvalue weighted by atomic mass is 127. The minimum absolute atomic E-state index is 0. The van der Waals surface area contributed by atoms with Gasteiger partial charge >= 0.3 is 0 Å². The summed E-state index contributed by atoms with van der Waals surface area (Å²) < 4.78 is 22.2. The molecule has 1 aromatic rings. The van der Waals surface area contributed by atoms with E-state index in [1.54, 1.807) is 11.3 Å². The van der Waals surface area contributed by atoms with Crippen molar-refractivity contribution in [2.45, 2.75) is 19.8 Å². The summed E-state index contributed by atoms with van der Waals surface area (Å²) in [5.41, 5.74) is 1.28. The first-order chi connectivity index (χ1) is 9.42. The van der Waals surface area contributed by atoms with Gasteiger partial charge in [-0.05, 0) is 29.3 Å². The summed E-state index contributed by atoms with van der Waals surface area (Å²) in [5, 5.41) is 10.3. The number of nitrogens with zero attached hydrogens (tertiary/aromatic N) is 1. The number of hydrogen-bond acceptors (Lipinski definition) is 4. The first-order valence-electron chi connectivity index (χ1n) is 6.64. The van der Waals surface area contributed by atoms with Crippen LogP contribution in [-0.2, 0) is 9.84 Å². The molecule has 122 valence electrons. The molecular formula is C13H24IN3O2S2. The lowest BCUT2D eigenvalue weighted by Gasteiger charge is -2.12. The van der Waals surface area contributed by atoms with Crippen molar-refractivity contribution in [1.29, 1.82) is 0 Å². The van der Waals surface area contributed by atoms with Crippen molar-refractivity contribution in [2.75, 3.05) is 31.6 Å². The second kappa shape index (κ2) is 10.4. The van der Waals surface area contributed by atoms with Gasteiger partial charge in [0.05, 0.1) is 5.75 Å². The Morgan fingerprint density at radius 1 is 1.43 bits per heavy atom. The fourth-order valence-corrected chi connectivity index (χ4v) is 2.84. The van der Waals surface area contributed by atoms with Gasteiger partial charge in [0, 0.05) is 31.8 Å². The highest BCUT2D eigenvalue weighted by Crippen LogP contribution is 2.18. The molecule has 1 aromatic heterocycles. The van der Waals surface area contributed by atoms with E-state index in [2.05, 4.69) is 39.4 Å². The quantitative estimate of drug-likeness (QED) is 0.383. The minimum Gasteiger partial charge on any atom is -0.357 e. The molecule has 1 unspecified atom stereocenters. The van der Waals surface area contributed by atoms with Gasteiger partial charge < -0.3 is 10.6 Å². The highest BCUT2D eigenvalue weighted by Gasteiger charge is 2.07. The zero-order valence-corrected chi connectivity index (χ0v) is 16.6. The monoisotopic (exact) mass is 445 g/mol. The SMILES string of the molecule is CCNC(=NCC(C)c1ccsc1)NCCS(C)(=O)=O.I. The van der Waals surface area contributed by atoms with Crippen molar-refractivity contribution in [1.82, 2.24) is 10.6 Å². The lowest BCUT2D eigenvalue weighted by Crippen LogP contribution is -2.39. The van der Waals surface area contributed by atoms with Gasteiger partial charge in [-0.2, -0.15) is 11.3 Å². The van der Waals surface area contributed by atoms with Crippen LogP contribution in [0.3, 0.4) is 0 Å². The second-order valence-corrected chi connectivity index (χ2v) is 7.77. The molecular weight excluding hydrogens is 421 g/mol. The van der Waals surface area contributed by atoms with Gasteiger partial charge in [0.2, 0.25) is 0 Å². The van der Waals surface area contributed by atoms with Crippen molar-refractivity contribution in [3.63, 3.8) is 0 Å². The number of hydrogen-bond donors (Lipinski definition) is 2. The first-order valence-corrected chi connectivity index (χ1v) is 9.64. The molecule has 1 heterocycles. The van der Waals surface area contributed by atoms with Gasteiger partial charge in [-0.25, -0.2) is 8.42 Å². The van der Waals surface area contributed by atoms with Crippen LogP contribution in [0, 0.1) is 0 Å². The summed E-state index contributed by atoms with van der Waals surface area (Å²) in [6.07, 6.45) is 1.23. The van der Waals surface area contributed by atoms with Crippen LogP contribution in [0.1, 0.15) is 25.3 Å². The Balaban J connectivity index is 0.00000400. The molecule has 1 rings (SSSR count). The molecule has 0 aromatic carbocycles. The Morgan fingerprint density at radius 2 is 2.14 bits per heavy atom. The molecule has 0 aliphatic rings. The van der Waals surface area contributed by atoms with Crippen LogP contribution in [0.15, 0.2) is 21.8 Å². The zero-order chi connectivity index (χ0) is 15.0. The molecule has 0 radical (unpaired) electrons. The van der Waals surface area contributed by atoms with Crippen LogP contribution in [0.4, 0.5) is 0 Å². The maximum atomic E-state index is 11.1. The summed E-state index contributed by atoms with van der Waals surface area (Å²) >= 11 is 1.68. The summed E-state index contributed by atoms with van der Waals surface area (Å²) in [6, 6.07) is 2.11. The summed E-state index contributed by atoms with van der Waals surface area (Å²) in [5.74, 6) is 1.13. The van der Waals surface area contributed by atoms with Gasteiger partial charge in [-0.3, -0.25) is 4.99 Å². The topological polar surface area (TPSA) is 70.6 Å². The first kappa shape index (κ1) is 20.6. The van der Waals surface area contributed by atoms with Crippen molar-refractivity contribution < 1.29 is 8.42 Å². The Hall–Kier alpha value is -0.350. The highest BCUT2D eigenvalue weighted by molar-refractivity contribution is 14.0. The Kier molecular flexibility index (Phi) is 10.2. The van der Waals surface area contributed by atoms with E-state index in [9.17, 15) is 8.42 Å². The zero-order valence-electron chi connectivity index (χ0n) is 12.6. The van der Waals surface area contributed by atoms with Gasteiger partial charge in [0.15, 0.2) is 5.96 Å². The average Bonchev–Trinajstić information content (AvgIpc) is 2.88. The maximum absolute atomic E-state index is 11.1. The second-order valence-electron chi connectivity index (χ2n) is 4.73. The van der Waals surface area contributed by atoms with Crippen molar-refractivity contribution in [3.05, 3.63) is 22.4 Å². The molecule has 0 amide bonds. The third-order valence-electron chi connectivity index (χ3n) is 2.75. The van der Waals surface area contributed by atoms with Crippen LogP contribution < -0.4 is 10.6 Å². The number of halogens is 1. The van der Waals surface area contributed by atoms with Gasteiger partial charge in [-0.15, -0.1) is 24.0 Å². The third-order valence-corrected chi connectivity index (χ3v) is 4.39. The van der Waals surface area contributed by atoms with E-state index in [-0.39, 0.29) is 29.7 Å². The Bertz CT molecular complexity index is 516. The molecule has 0 saturated carbocycles. The van der Waals surface area contributed by atoms with Crippen LogP contribution in [0.2, 0.25) is 0 Å². The van der Waals surface area contributed by atoms with Crippen molar-refractivity contribution in [3.8, 4) is 0 Å². The lowest BCUT2D eigenvalue weighted by molar-refractivity contribution is 0.600. The maximum Gasteiger partial charge on any atom is 0.191 e. The molecule has 0 fully saturated rings. The number of sulfone groups is 1. The predicted molar refractivity (Wildman–Crippen MR) is 102 cm³/mol. The molecule has 0 bridgehead atoms. The van der Waals surface area contributed by atoms with E-state index in [0.717, 1.165) is 6.54 Å². The minimum atomic E-state index is -2.95. The summed E-state index contributed by atoms with van der Waals surface area (Å²) in [7, 11) is -2.95. The molecule has 0 aliphatic carbocycles. The van der Waals surface area contributed by atoms with E-state index in [0.29, 0.717) is 25.0 Å². The number of thiophene rings is 1. The van der Waals surface area contributed by atoms with E-state index in [4.69, 9.17) is 0 Å². The largest absolute Gasteiger partial charge is 0.357 e. The van der Waals surface area contributed by atoms with Gasteiger partial charge in [0.25, 0.3) is 0 Å². The number of nitrogens with one attached hydrogen (secondary N) is 2. The number of rotatable bonds is 7. The lowest BCUT2D eigenvalue weighted by atomic mass is 10.1. The molecule has 0 spiro atoms. The molecule has 0 aliphatic heterocycles. The molecule has 2 N–H and O–H groups in total. The van der Waals surface area contributed by atoms with Crippen LogP contribution in [0.5, 0.6) is 0 Å². The molecule has 5 nitrogen and oxygen atoms in total. The standard InChI is InChI=1S/C13H23N3O2S2.HI/c1-4-14-13(15-6-8-20(3,17)18)16-9-11(2)12-5-7-19-10-12;/h5,7,10-11H,4,6,8-9H2,1-3H3,(H2,14,15,16);1H. The van der Waals surface area contributed by atoms with E-state index >= 15 is 0 Å². The molecule has 21 heavy (non-hydrogen) atoms. The van der Waals surface area contributed by atoms with E-state index in [1.807, 2.05) is 6.92 Å². The third kappa shape index (κ3) is 9.30. The fourth-order valence-electron chi connectivity index (χ4n) is 1.59. The van der Waals surface area contributed by atoms with Crippen molar-refractivity contribution in [2.24, 2.45) is 4.99 Å². The number of guanidine groups is 1. The van der Waals surface area contributed by atoms with E-state index in [1.165, 1.54) is 11.8 Å². The Morgan fingerprint density at radius 3 is 2.67 bits per heavy atom. The smallest absolute Gasteiger partial charge is 0.191 e. The summed E-state index contributed by atoms with van der Waals surface area (Å²) in [6.45, 7) is 5.90.